The highest BCUT2D eigenvalue weighted by atomic mass is 32.2. The summed E-state index contributed by atoms with van der Waals surface area (Å²) in [5, 5.41) is 0.837. The Morgan fingerprint density at radius 3 is 2.68 bits per heavy atom. The van der Waals surface area contributed by atoms with Crippen LogP contribution >= 0.6 is 11.8 Å². The lowest BCUT2D eigenvalue weighted by Crippen LogP contribution is -2.39. The number of rotatable bonds is 6. The number of sulfonamides is 1. The molecule has 2 heterocycles. The maximum atomic E-state index is 14.6. The van der Waals surface area contributed by atoms with E-state index in [0.29, 0.717) is 52.3 Å². The van der Waals surface area contributed by atoms with Gasteiger partial charge in [-0.05, 0) is 67.9 Å². The summed E-state index contributed by atoms with van der Waals surface area (Å²) in [5.74, 6) is 0.696. The fraction of sp³-hybridized carbons (Fsp3) is 0.500. The lowest BCUT2D eigenvalue weighted by molar-refractivity contribution is 0.281. The van der Waals surface area contributed by atoms with Gasteiger partial charge in [0.15, 0.2) is 5.16 Å². The zero-order valence-electron chi connectivity index (χ0n) is 19.8. The van der Waals surface area contributed by atoms with E-state index in [9.17, 15) is 12.8 Å². The first kappa shape index (κ1) is 23.8. The van der Waals surface area contributed by atoms with Crippen molar-refractivity contribution in [1.29, 1.82) is 0 Å². The van der Waals surface area contributed by atoms with E-state index >= 15 is 0 Å². The predicted molar refractivity (Wildman–Crippen MR) is 135 cm³/mol. The number of fused-ring (bicyclic) bond motifs is 1. The largest absolute Gasteiger partial charge is 0.316 e. The van der Waals surface area contributed by atoms with Crippen LogP contribution in [-0.2, 0) is 15.8 Å². The summed E-state index contributed by atoms with van der Waals surface area (Å²) >= 11 is 1.53. The molecular formula is C26H32FN3O2S2. The van der Waals surface area contributed by atoms with Gasteiger partial charge in [-0.2, -0.15) is 4.31 Å². The van der Waals surface area contributed by atoms with E-state index in [1.165, 1.54) is 24.6 Å². The van der Waals surface area contributed by atoms with E-state index in [1.54, 1.807) is 29.4 Å². The molecule has 182 valence electrons. The van der Waals surface area contributed by atoms with E-state index < -0.39 is 10.0 Å². The molecule has 3 aromatic rings. The van der Waals surface area contributed by atoms with Gasteiger partial charge < -0.3 is 4.57 Å². The van der Waals surface area contributed by atoms with Crippen LogP contribution < -0.4 is 0 Å². The smallest absolute Gasteiger partial charge is 0.243 e. The monoisotopic (exact) mass is 501 g/mol. The molecule has 0 radical (unpaired) electrons. The van der Waals surface area contributed by atoms with Crippen LogP contribution in [0.3, 0.4) is 0 Å². The molecular weight excluding hydrogens is 469 g/mol. The van der Waals surface area contributed by atoms with Crippen LogP contribution in [0.2, 0.25) is 0 Å². The van der Waals surface area contributed by atoms with Crippen LogP contribution in [0.1, 0.15) is 62.6 Å². The Hall–Kier alpha value is -1.90. The van der Waals surface area contributed by atoms with Crippen molar-refractivity contribution in [2.24, 2.45) is 5.92 Å². The van der Waals surface area contributed by atoms with Gasteiger partial charge >= 0.3 is 0 Å². The third-order valence-corrected chi connectivity index (χ3v) is 10.1. The molecule has 1 aliphatic carbocycles. The fourth-order valence-electron chi connectivity index (χ4n) is 5.31. The molecule has 0 amide bonds. The van der Waals surface area contributed by atoms with Crippen molar-refractivity contribution in [1.82, 2.24) is 13.9 Å². The maximum Gasteiger partial charge on any atom is 0.243 e. The number of nitrogens with zero attached hydrogens (tertiary/aromatic N) is 3. The molecule has 5 rings (SSSR count). The van der Waals surface area contributed by atoms with Crippen molar-refractivity contribution in [3.63, 3.8) is 0 Å². The van der Waals surface area contributed by atoms with Crippen LogP contribution in [0.15, 0.2) is 46.5 Å². The molecule has 2 aliphatic rings. The molecule has 1 aliphatic heterocycles. The molecule has 8 heteroatoms. The Labute approximate surface area is 205 Å². The van der Waals surface area contributed by atoms with Crippen molar-refractivity contribution in [2.75, 3.05) is 13.1 Å². The van der Waals surface area contributed by atoms with Gasteiger partial charge in [-0.3, -0.25) is 0 Å². The van der Waals surface area contributed by atoms with E-state index in [0.717, 1.165) is 36.4 Å². The van der Waals surface area contributed by atoms with Crippen LogP contribution in [0, 0.1) is 18.7 Å². The summed E-state index contributed by atoms with van der Waals surface area (Å²) < 4.78 is 45.2. The van der Waals surface area contributed by atoms with Crippen LogP contribution in [0.5, 0.6) is 0 Å². The topological polar surface area (TPSA) is 55.2 Å². The number of hydrogen-bond acceptors (Lipinski definition) is 4. The molecule has 1 saturated carbocycles. The van der Waals surface area contributed by atoms with Gasteiger partial charge in [0.1, 0.15) is 5.82 Å². The second kappa shape index (κ2) is 9.63. The van der Waals surface area contributed by atoms with Crippen molar-refractivity contribution in [3.05, 3.63) is 53.3 Å². The minimum Gasteiger partial charge on any atom is -0.316 e. The summed E-state index contributed by atoms with van der Waals surface area (Å²) in [6.45, 7) is 5.03. The summed E-state index contributed by atoms with van der Waals surface area (Å²) in [4.78, 5) is 5.19. The molecule has 0 N–H and O–H groups in total. The zero-order valence-corrected chi connectivity index (χ0v) is 21.5. The molecule has 2 aromatic carbocycles. The Balaban J connectivity index is 1.50. The number of thioether (sulfide) groups is 1. The first-order valence-corrected chi connectivity index (χ1v) is 14.7. The van der Waals surface area contributed by atoms with Gasteiger partial charge in [0.05, 0.1) is 15.9 Å². The predicted octanol–water partition coefficient (Wildman–Crippen LogP) is 6.31. The minimum atomic E-state index is -3.55. The second-order valence-corrected chi connectivity index (χ2v) is 12.7. The molecule has 1 saturated heterocycles. The van der Waals surface area contributed by atoms with Crippen molar-refractivity contribution in [3.8, 4) is 0 Å². The van der Waals surface area contributed by atoms with Crippen molar-refractivity contribution in [2.45, 2.75) is 74.2 Å². The summed E-state index contributed by atoms with van der Waals surface area (Å²) in [6, 6.07) is 11.2. The molecule has 5 nitrogen and oxygen atoms in total. The van der Waals surface area contributed by atoms with Gasteiger partial charge in [-0.1, -0.05) is 49.7 Å². The Kier molecular flexibility index (Phi) is 6.75. The van der Waals surface area contributed by atoms with E-state index in [4.69, 9.17) is 4.98 Å². The minimum absolute atomic E-state index is 0.164. The van der Waals surface area contributed by atoms with Crippen LogP contribution in [0.4, 0.5) is 4.39 Å². The summed E-state index contributed by atoms with van der Waals surface area (Å²) in [7, 11) is -3.55. The standard InChI is InChI=1S/C26H32FN3O2S2/c1-18-7-6-14-29(16-18)34(31,32)22-12-13-24-23(15-22)28-26(30(24)21-10-3-4-11-21)33-17-20-9-5-8-19(2)25(20)27/h5,8-9,12-13,15,18,21H,3-4,6-7,10-11,14,16-17H2,1-2H3/t18-/m0/s1. The number of halogens is 1. The maximum absolute atomic E-state index is 14.6. The number of aromatic nitrogens is 2. The van der Waals surface area contributed by atoms with Gasteiger partial charge in [-0.15, -0.1) is 0 Å². The lowest BCUT2D eigenvalue weighted by Gasteiger charge is -2.30. The number of piperidine rings is 1. The lowest BCUT2D eigenvalue weighted by atomic mass is 10.0. The van der Waals surface area contributed by atoms with Crippen LogP contribution in [0.25, 0.3) is 11.0 Å². The molecule has 0 spiro atoms. The highest BCUT2D eigenvalue weighted by Gasteiger charge is 2.30. The Bertz CT molecular complexity index is 1300. The Morgan fingerprint density at radius 2 is 1.91 bits per heavy atom. The Morgan fingerprint density at radius 1 is 1.12 bits per heavy atom. The van der Waals surface area contributed by atoms with Crippen molar-refractivity contribution < 1.29 is 12.8 Å². The fourth-order valence-corrected chi connectivity index (χ4v) is 7.99. The SMILES string of the molecule is Cc1cccc(CSc2nc3cc(S(=O)(=O)N4CCC[C@H](C)C4)ccc3n2C2CCCC2)c1F. The number of imidazole rings is 1. The second-order valence-electron chi connectivity index (χ2n) is 9.80. The number of benzene rings is 2. The highest BCUT2D eigenvalue weighted by molar-refractivity contribution is 7.98. The summed E-state index contributed by atoms with van der Waals surface area (Å²) in [5.41, 5.74) is 2.97. The van der Waals surface area contributed by atoms with Gasteiger partial charge in [0.2, 0.25) is 10.0 Å². The van der Waals surface area contributed by atoms with Gasteiger partial charge in [-0.25, -0.2) is 17.8 Å². The first-order chi connectivity index (χ1) is 16.3. The molecule has 0 unspecified atom stereocenters. The van der Waals surface area contributed by atoms with E-state index in [1.807, 2.05) is 18.2 Å². The van der Waals surface area contributed by atoms with Gasteiger partial charge in [0, 0.05) is 24.9 Å². The quantitative estimate of drug-likeness (QED) is 0.371. The van der Waals surface area contributed by atoms with Crippen LogP contribution in [-0.4, -0.2) is 35.4 Å². The average molecular weight is 502 g/mol. The third-order valence-electron chi connectivity index (χ3n) is 7.20. The highest BCUT2D eigenvalue weighted by Crippen LogP contribution is 2.38. The zero-order chi connectivity index (χ0) is 23.9. The summed E-state index contributed by atoms with van der Waals surface area (Å²) in [6.07, 6.45) is 6.50. The third kappa shape index (κ3) is 4.52. The molecule has 0 bridgehead atoms. The van der Waals surface area contributed by atoms with E-state index in [-0.39, 0.29) is 5.82 Å². The van der Waals surface area contributed by atoms with E-state index in [2.05, 4.69) is 11.5 Å². The molecule has 34 heavy (non-hydrogen) atoms. The number of hydrogen-bond donors (Lipinski definition) is 0. The average Bonchev–Trinajstić information content (AvgIpc) is 3.47. The van der Waals surface area contributed by atoms with Gasteiger partial charge in [0.25, 0.3) is 0 Å². The molecule has 2 fully saturated rings. The first-order valence-electron chi connectivity index (χ1n) is 12.2. The van der Waals surface area contributed by atoms with Crippen molar-refractivity contribution >= 4 is 32.8 Å². The molecule has 1 aromatic heterocycles. The normalized spacial score (nSPS) is 20.4. The number of aryl methyl sites for hydroxylation is 1. The molecule has 1 atom stereocenters.